The fourth-order valence-electron chi connectivity index (χ4n) is 4.43. The largest absolute Gasteiger partial charge is 0.373 e. The SMILES string of the molecule is Cn1cc([C@H]2[C@H](CN3CCCCC3)OCCN2C(=O)CCC2CC2)cn1. The number of amides is 1. The summed E-state index contributed by atoms with van der Waals surface area (Å²) < 4.78 is 8.03. The lowest BCUT2D eigenvalue weighted by Crippen LogP contribution is -2.52. The van der Waals surface area contributed by atoms with E-state index in [1.165, 1.54) is 32.1 Å². The standard InChI is InChI=1S/C20H32N4O2/c1-22-14-17(13-21-22)20-18(15-23-9-3-2-4-10-23)26-12-11-24(20)19(25)8-7-16-5-6-16/h13-14,16,18,20H,2-12,15H2,1H3/t18-,20-/m0/s1. The molecule has 6 heteroatoms. The van der Waals surface area contributed by atoms with Gasteiger partial charge in [0.25, 0.3) is 0 Å². The second kappa shape index (κ2) is 8.09. The second-order valence-electron chi connectivity index (χ2n) is 8.23. The first kappa shape index (κ1) is 18.0. The average Bonchev–Trinajstić information content (AvgIpc) is 3.40. The summed E-state index contributed by atoms with van der Waals surface area (Å²) in [6.45, 7) is 4.54. The van der Waals surface area contributed by atoms with Crippen molar-refractivity contribution in [2.75, 3.05) is 32.8 Å². The highest BCUT2D eigenvalue weighted by Crippen LogP contribution is 2.35. The highest BCUT2D eigenvalue weighted by atomic mass is 16.5. The minimum Gasteiger partial charge on any atom is -0.373 e. The Kier molecular flexibility index (Phi) is 5.60. The Balaban J connectivity index is 1.50. The number of hydrogen-bond acceptors (Lipinski definition) is 4. The van der Waals surface area contributed by atoms with Crippen LogP contribution in [0.25, 0.3) is 0 Å². The van der Waals surface area contributed by atoms with Crippen molar-refractivity contribution in [2.24, 2.45) is 13.0 Å². The molecule has 0 N–H and O–H groups in total. The van der Waals surface area contributed by atoms with E-state index in [0.717, 1.165) is 37.5 Å². The normalized spacial score (nSPS) is 27.7. The van der Waals surface area contributed by atoms with E-state index in [1.807, 2.05) is 24.1 Å². The van der Waals surface area contributed by atoms with Gasteiger partial charge in [-0.1, -0.05) is 19.3 Å². The Morgan fingerprint density at radius 1 is 1.23 bits per heavy atom. The molecule has 1 aliphatic carbocycles. The van der Waals surface area contributed by atoms with Gasteiger partial charge in [0.15, 0.2) is 0 Å². The van der Waals surface area contributed by atoms with Crippen LogP contribution in [0.4, 0.5) is 0 Å². The fraction of sp³-hybridized carbons (Fsp3) is 0.800. The number of aromatic nitrogens is 2. The molecule has 2 aliphatic heterocycles. The first-order chi connectivity index (χ1) is 12.7. The lowest BCUT2D eigenvalue weighted by molar-refractivity contribution is -0.148. The Bertz CT molecular complexity index is 607. The molecule has 0 spiro atoms. The predicted molar refractivity (Wildman–Crippen MR) is 99.7 cm³/mol. The summed E-state index contributed by atoms with van der Waals surface area (Å²) in [6, 6.07) is -0.00826. The van der Waals surface area contributed by atoms with Crippen molar-refractivity contribution in [1.82, 2.24) is 19.6 Å². The molecule has 3 aliphatic rings. The number of ether oxygens (including phenoxy) is 1. The summed E-state index contributed by atoms with van der Waals surface area (Å²) in [5.41, 5.74) is 1.11. The molecule has 0 aromatic carbocycles. The molecular formula is C20H32N4O2. The van der Waals surface area contributed by atoms with Crippen LogP contribution >= 0.6 is 0 Å². The maximum absolute atomic E-state index is 13.0. The molecular weight excluding hydrogens is 328 g/mol. The van der Waals surface area contributed by atoms with Crippen molar-refractivity contribution in [3.63, 3.8) is 0 Å². The monoisotopic (exact) mass is 360 g/mol. The lowest BCUT2D eigenvalue weighted by atomic mass is 9.98. The van der Waals surface area contributed by atoms with Gasteiger partial charge in [-0.15, -0.1) is 0 Å². The van der Waals surface area contributed by atoms with Crippen LogP contribution in [0.3, 0.4) is 0 Å². The van der Waals surface area contributed by atoms with Gasteiger partial charge in [-0.3, -0.25) is 9.48 Å². The van der Waals surface area contributed by atoms with Crippen molar-refractivity contribution in [1.29, 1.82) is 0 Å². The molecule has 1 saturated carbocycles. The number of morpholine rings is 1. The number of likely N-dealkylation sites (tertiary alicyclic amines) is 1. The molecule has 0 unspecified atom stereocenters. The zero-order valence-corrected chi connectivity index (χ0v) is 16.0. The van der Waals surface area contributed by atoms with E-state index in [2.05, 4.69) is 14.9 Å². The molecule has 3 heterocycles. The molecule has 4 rings (SSSR count). The molecule has 0 radical (unpaired) electrons. The van der Waals surface area contributed by atoms with E-state index < -0.39 is 0 Å². The Morgan fingerprint density at radius 3 is 2.73 bits per heavy atom. The van der Waals surface area contributed by atoms with E-state index in [-0.39, 0.29) is 18.1 Å². The maximum Gasteiger partial charge on any atom is 0.223 e. The number of carbonyl (C=O) groups excluding carboxylic acids is 1. The third-order valence-corrected chi connectivity index (χ3v) is 6.09. The van der Waals surface area contributed by atoms with Crippen LogP contribution in [-0.4, -0.2) is 64.4 Å². The third kappa shape index (κ3) is 4.29. The lowest BCUT2D eigenvalue weighted by Gasteiger charge is -2.43. The Labute approximate surface area is 156 Å². The smallest absolute Gasteiger partial charge is 0.223 e. The van der Waals surface area contributed by atoms with Gasteiger partial charge in [-0.25, -0.2) is 0 Å². The highest BCUT2D eigenvalue weighted by Gasteiger charge is 2.38. The molecule has 1 aromatic rings. The summed E-state index contributed by atoms with van der Waals surface area (Å²) in [5, 5.41) is 4.36. The van der Waals surface area contributed by atoms with Gasteiger partial charge >= 0.3 is 0 Å². The van der Waals surface area contributed by atoms with Gasteiger partial charge in [0.05, 0.1) is 24.9 Å². The van der Waals surface area contributed by atoms with Gasteiger partial charge in [0.1, 0.15) is 0 Å². The minimum absolute atomic E-state index is 0.00826. The first-order valence-corrected chi connectivity index (χ1v) is 10.3. The fourth-order valence-corrected chi connectivity index (χ4v) is 4.43. The van der Waals surface area contributed by atoms with Crippen molar-refractivity contribution in [2.45, 2.75) is 57.1 Å². The van der Waals surface area contributed by atoms with Gasteiger partial charge < -0.3 is 14.5 Å². The van der Waals surface area contributed by atoms with Gasteiger partial charge in [-0.2, -0.15) is 5.10 Å². The number of nitrogens with zero attached hydrogens (tertiary/aromatic N) is 4. The van der Waals surface area contributed by atoms with E-state index in [9.17, 15) is 4.79 Å². The average molecular weight is 361 g/mol. The number of piperidine rings is 1. The van der Waals surface area contributed by atoms with Crippen molar-refractivity contribution >= 4 is 5.91 Å². The number of hydrogen-bond donors (Lipinski definition) is 0. The topological polar surface area (TPSA) is 50.6 Å². The summed E-state index contributed by atoms with van der Waals surface area (Å²) in [5.74, 6) is 1.08. The van der Waals surface area contributed by atoms with Crippen LogP contribution in [0.5, 0.6) is 0 Å². The molecule has 2 atom stereocenters. The van der Waals surface area contributed by atoms with Crippen LogP contribution in [0.2, 0.25) is 0 Å². The van der Waals surface area contributed by atoms with Crippen LogP contribution in [0.15, 0.2) is 12.4 Å². The van der Waals surface area contributed by atoms with Gasteiger partial charge in [0, 0.05) is 38.3 Å². The maximum atomic E-state index is 13.0. The van der Waals surface area contributed by atoms with Gasteiger partial charge in [-0.05, 0) is 38.3 Å². The second-order valence-corrected chi connectivity index (χ2v) is 8.23. The Morgan fingerprint density at radius 2 is 2.04 bits per heavy atom. The third-order valence-electron chi connectivity index (χ3n) is 6.09. The zero-order valence-electron chi connectivity index (χ0n) is 16.0. The molecule has 26 heavy (non-hydrogen) atoms. The first-order valence-electron chi connectivity index (χ1n) is 10.3. The molecule has 6 nitrogen and oxygen atoms in total. The van der Waals surface area contributed by atoms with Crippen LogP contribution in [0.1, 0.15) is 56.6 Å². The quantitative estimate of drug-likeness (QED) is 0.781. The molecule has 0 bridgehead atoms. The summed E-state index contributed by atoms with van der Waals surface area (Å²) in [6.07, 6.45) is 12.2. The van der Waals surface area contributed by atoms with Crippen molar-refractivity contribution < 1.29 is 9.53 Å². The van der Waals surface area contributed by atoms with Crippen molar-refractivity contribution in [3.8, 4) is 0 Å². The van der Waals surface area contributed by atoms with E-state index >= 15 is 0 Å². The van der Waals surface area contributed by atoms with Crippen LogP contribution in [0, 0.1) is 5.92 Å². The number of carbonyl (C=O) groups is 1. The Hall–Kier alpha value is -1.40. The molecule has 3 fully saturated rings. The van der Waals surface area contributed by atoms with E-state index in [4.69, 9.17) is 4.74 Å². The number of rotatable bonds is 6. The molecule has 1 aromatic heterocycles. The molecule has 1 amide bonds. The predicted octanol–water partition coefficient (Wildman–Crippen LogP) is 2.36. The minimum atomic E-state index is -0.00826. The molecule has 2 saturated heterocycles. The van der Waals surface area contributed by atoms with Crippen LogP contribution in [-0.2, 0) is 16.6 Å². The summed E-state index contributed by atoms with van der Waals surface area (Å²) in [4.78, 5) is 17.6. The van der Waals surface area contributed by atoms with E-state index in [1.54, 1.807) is 0 Å². The molecule has 144 valence electrons. The number of aryl methyl sites for hydroxylation is 1. The van der Waals surface area contributed by atoms with Crippen molar-refractivity contribution in [3.05, 3.63) is 18.0 Å². The summed E-state index contributed by atoms with van der Waals surface area (Å²) >= 11 is 0. The van der Waals surface area contributed by atoms with Crippen LogP contribution < -0.4 is 0 Å². The summed E-state index contributed by atoms with van der Waals surface area (Å²) in [7, 11) is 1.94. The van der Waals surface area contributed by atoms with E-state index in [0.29, 0.717) is 19.6 Å². The highest BCUT2D eigenvalue weighted by molar-refractivity contribution is 5.77. The zero-order chi connectivity index (χ0) is 17.9. The van der Waals surface area contributed by atoms with Gasteiger partial charge in [0.2, 0.25) is 5.91 Å².